The van der Waals surface area contributed by atoms with E-state index in [1.807, 2.05) is 0 Å². The van der Waals surface area contributed by atoms with Gasteiger partial charge in [0.15, 0.2) is 0 Å². The van der Waals surface area contributed by atoms with Gasteiger partial charge in [-0.25, -0.2) is 0 Å². The van der Waals surface area contributed by atoms with Gasteiger partial charge in [-0.1, -0.05) is 142 Å². The molecule has 0 aliphatic rings. The van der Waals surface area contributed by atoms with Crippen molar-refractivity contribution in [3.63, 3.8) is 0 Å². The molecular formula is C48H37NO. The monoisotopic (exact) mass is 643 g/mol. The first-order valence-electron chi connectivity index (χ1n) is 17.3. The Morgan fingerprint density at radius 3 is 1.82 bits per heavy atom. The third kappa shape index (κ3) is 5.12. The molecule has 0 aliphatic heterocycles. The third-order valence-corrected chi connectivity index (χ3v) is 10.0. The van der Waals surface area contributed by atoms with Gasteiger partial charge in [-0.05, 0) is 91.7 Å². The van der Waals surface area contributed by atoms with Gasteiger partial charge in [-0.15, -0.1) is 0 Å². The molecule has 2 nitrogen and oxygen atoms in total. The van der Waals surface area contributed by atoms with Crippen LogP contribution < -0.4 is 4.90 Å². The second kappa shape index (κ2) is 11.8. The molecule has 0 aliphatic carbocycles. The van der Waals surface area contributed by atoms with Gasteiger partial charge in [0.2, 0.25) is 0 Å². The Labute approximate surface area is 292 Å². The molecule has 0 N–H and O–H groups in total. The van der Waals surface area contributed by atoms with Crippen LogP contribution in [0.2, 0.25) is 0 Å². The highest BCUT2D eigenvalue weighted by Gasteiger charge is 2.23. The zero-order chi connectivity index (χ0) is 33.8. The zero-order valence-corrected chi connectivity index (χ0v) is 28.5. The van der Waals surface area contributed by atoms with Crippen LogP contribution in [-0.4, -0.2) is 0 Å². The molecule has 9 rings (SSSR count). The van der Waals surface area contributed by atoms with Crippen molar-refractivity contribution in [2.75, 3.05) is 4.90 Å². The van der Waals surface area contributed by atoms with Crippen LogP contribution in [0.3, 0.4) is 0 Å². The van der Waals surface area contributed by atoms with E-state index < -0.39 is 0 Å². The van der Waals surface area contributed by atoms with Crippen LogP contribution in [0.25, 0.3) is 65.7 Å². The highest BCUT2D eigenvalue weighted by Crippen LogP contribution is 2.48. The number of benzene rings is 8. The lowest BCUT2D eigenvalue weighted by Gasteiger charge is -2.30. The summed E-state index contributed by atoms with van der Waals surface area (Å²) in [5.74, 6) is 0. The van der Waals surface area contributed by atoms with Crippen molar-refractivity contribution in [3.8, 4) is 22.3 Å². The first-order chi connectivity index (χ1) is 24.4. The fourth-order valence-electron chi connectivity index (χ4n) is 7.43. The van der Waals surface area contributed by atoms with Crippen molar-refractivity contribution in [1.82, 2.24) is 0 Å². The fraction of sp³-hybridized carbons (Fsp3) is 0.0833. The molecule has 2 heteroatoms. The molecule has 0 amide bonds. The molecule has 50 heavy (non-hydrogen) atoms. The molecule has 0 saturated heterocycles. The zero-order valence-electron chi connectivity index (χ0n) is 28.5. The maximum Gasteiger partial charge on any atom is 0.137 e. The summed E-state index contributed by atoms with van der Waals surface area (Å²) in [5, 5.41) is 7.06. The molecular weight excluding hydrogens is 607 g/mol. The molecule has 9 aromatic rings. The molecule has 0 fully saturated rings. The second-order valence-corrected chi connectivity index (χ2v) is 14.2. The summed E-state index contributed by atoms with van der Waals surface area (Å²) in [6.07, 6.45) is 0. The van der Waals surface area contributed by atoms with Gasteiger partial charge >= 0.3 is 0 Å². The molecule has 8 aromatic carbocycles. The molecule has 0 spiro atoms. The summed E-state index contributed by atoms with van der Waals surface area (Å²) in [4.78, 5) is 2.40. The van der Waals surface area contributed by atoms with Crippen LogP contribution in [0.1, 0.15) is 26.3 Å². The van der Waals surface area contributed by atoms with Gasteiger partial charge < -0.3 is 9.32 Å². The van der Waals surface area contributed by atoms with Crippen molar-refractivity contribution in [2.45, 2.75) is 26.2 Å². The summed E-state index contributed by atoms with van der Waals surface area (Å²) in [5.41, 5.74) is 11.1. The van der Waals surface area contributed by atoms with Crippen molar-refractivity contribution in [2.24, 2.45) is 0 Å². The second-order valence-electron chi connectivity index (χ2n) is 14.2. The van der Waals surface area contributed by atoms with Gasteiger partial charge in [0.1, 0.15) is 11.2 Å². The number of furan rings is 1. The predicted octanol–water partition coefficient (Wildman–Crippen LogP) is 14.0. The molecule has 1 heterocycles. The largest absolute Gasteiger partial charge is 0.456 e. The Morgan fingerprint density at radius 1 is 0.440 bits per heavy atom. The Morgan fingerprint density at radius 2 is 1.06 bits per heavy atom. The van der Waals surface area contributed by atoms with E-state index in [4.69, 9.17) is 4.42 Å². The number of nitrogens with zero attached hydrogens (tertiary/aromatic N) is 1. The molecule has 0 saturated carbocycles. The molecule has 1 aromatic heterocycles. The first-order valence-corrected chi connectivity index (χ1v) is 17.3. The van der Waals surface area contributed by atoms with Crippen LogP contribution in [0.4, 0.5) is 17.1 Å². The van der Waals surface area contributed by atoms with Crippen LogP contribution in [0.5, 0.6) is 0 Å². The van der Waals surface area contributed by atoms with Crippen molar-refractivity contribution >= 4 is 60.5 Å². The Hall–Kier alpha value is -6.12. The summed E-state index contributed by atoms with van der Waals surface area (Å²) >= 11 is 0. The lowest BCUT2D eigenvalue weighted by Crippen LogP contribution is -2.14. The van der Waals surface area contributed by atoms with Crippen LogP contribution in [0.15, 0.2) is 174 Å². The molecule has 240 valence electrons. The van der Waals surface area contributed by atoms with Crippen LogP contribution in [-0.2, 0) is 5.41 Å². The van der Waals surface area contributed by atoms with E-state index in [0.29, 0.717) is 0 Å². The minimum Gasteiger partial charge on any atom is -0.456 e. The number of fused-ring (bicyclic) bond motifs is 5. The average molecular weight is 644 g/mol. The van der Waals surface area contributed by atoms with E-state index in [0.717, 1.165) is 39.0 Å². The van der Waals surface area contributed by atoms with E-state index in [2.05, 4.69) is 196 Å². The van der Waals surface area contributed by atoms with Gasteiger partial charge in [-0.2, -0.15) is 0 Å². The third-order valence-electron chi connectivity index (χ3n) is 10.0. The SMILES string of the molecule is CC(C)(C)c1ccc(N(c2ccc3c(c2)oc2cc4ccccc4cc23)c2ccc3ccccc3c2-c2ccccc2-c2ccccc2)cc1. The summed E-state index contributed by atoms with van der Waals surface area (Å²) < 4.78 is 6.62. The number of rotatable bonds is 5. The number of hydrogen-bond donors (Lipinski definition) is 0. The molecule has 0 unspecified atom stereocenters. The van der Waals surface area contributed by atoms with Crippen molar-refractivity contribution in [3.05, 3.63) is 175 Å². The molecule has 0 bridgehead atoms. The first kappa shape index (κ1) is 30.0. The number of anilines is 3. The van der Waals surface area contributed by atoms with E-state index in [-0.39, 0.29) is 5.41 Å². The molecule has 0 atom stereocenters. The van der Waals surface area contributed by atoms with E-state index in [1.54, 1.807) is 0 Å². The average Bonchev–Trinajstić information content (AvgIpc) is 3.50. The van der Waals surface area contributed by atoms with E-state index in [9.17, 15) is 0 Å². The van der Waals surface area contributed by atoms with Gasteiger partial charge in [0.25, 0.3) is 0 Å². The fourth-order valence-corrected chi connectivity index (χ4v) is 7.43. The van der Waals surface area contributed by atoms with Crippen LogP contribution >= 0.6 is 0 Å². The highest BCUT2D eigenvalue weighted by molar-refractivity contribution is 6.12. The Kier molecular flexibility index (Phi) is 7.07. The Balaban J connectivity index is 1.32. The Bertz CT molecular complexity index is 2680. The lowest BCUT2D eigenvalue weighted by atomic mass is 9.87. The smallest absolute Gasteiger partial charge is 0.137 e. The summed E-state index contributed by atoms with van der Waals surface area (Å²) in [7, 11) is 0. The van der Waals surface area contributed by atoms with Gasteiger partial charge in [0, 0.05) is 33.8 Å². The maximum atomic E-state index is 6.62. The normalized spacial score (nSPS) is 11.9. The van der Waals surface area contributed by atoms with Crippen molar-refractivity contribution < 1.29 is 4.42 Å². The summed E-state index contributed by atoms with van der Waals surface area (Å²) in [6.45, 7) is 6.79. The van der Waals surface area contributed by atoms with Crippen LogP contribution in [0, 0.1) is 0 Å². The van der Waals surface area contributed by atoms with E-state index >= 15 is 0 Å². The number of hydrogen-bond acceptors (Lipinski definition) is 2. The minimum absolute atomic E-state index is 0.0445. The summed E-state index contributed by atoms with van der Waals surface area (Å²) in [6, 6.07) is 61.4. The maximum absolute atomic E-state index is 6.62. The standard InChI is InChI=1S/C48H37NO/c1-48(2,3)36-22-24-37(25-23-36)49(38-26-27-41-43-29-34-16-7-8-17-35(34)30-45(43)50-46(41)31-38)44-28-21-33-15-9-10-19-40(33)47(44)42-20-12-11-18-39(42)32-13-5-4-6-14-32/h4-31H,1-3H3. The van der Waals surface area contributed by atoms with Gasteiger partial charge in [-0.3, -0.25) is 0 Å². The predicted molar refractivity (Wildman–Crippen MR) is 213 cm³/mol. The lowest BCUT2D eigenvalue weighted by molar-refractivity contribution is 0.590. The van der Waals surface area contributed by atoms with E-state index in [1.165, 1.54) is 49.4 Å². The molecule has 0 radical (unpaired) electrons. The highest BCUT2D eigenvalue weighted by atomic mass is 16.3. The van der Waals surface area contributed by atoms with Gasteiger partial charge in [0.05, 0.1) is 5.69 Å². The topological polar surface area (TPSA) is 16.4 Å². The van der Waals surface area contributed by atoms with Crippen molar-refractivity contribution in [1.29, 1.82) is 0 Å². The minimum atomic E-state index is 0.0445. The quantitative estimate of drug-likeness (QED) is 0.186.